The Morgan fingerprint density at radius 3 is 2.35 bits per heavy atom. The molecule has 0 aliphatic carbocycles. The Balaban J connectivity index is 2.23. The van der Waals surface area contributed by atoms with Crippen LogP contribution in [0.25, 0.3) is 22.2 Å². The second kappa shape index (κ2) is 4.06. The fraction of sp³-hybridized carbons (Fsp3) is 0. The molecule has 84 valence electrons. The van der Waals surface area contributed by atoms with Crippen LogP contribution >= 0.6 is 23.2 Å². The Kier molecular flexibility index (Phi) is 2.54. The van der Waals surface area contributed by atoms with Crippen molar-refractivity contribution < 1.29 is 4.52 Å². The zero-order valence-electron chi connectivity index (χ0n) is 8.65. The van der Waals surface area contributed by atoms with Crippen molar-refractivity contribution >= 4 is 34.1 Å². The molecule has 0 saturated heterocycles. The van der Waals surface area contributed by atoms with E-state index >= 15 is 0 Å². The first-order valence-corrected chi connectivity index (χ1v) is 5.80. The molecule has 0 N–H and O–H groups in total. The molecule has 3 rings (SSSR count). The average molecular weight is 264 g/mol. The molecule has 2 nitrogen and oxygen atoms in total. The van der Waals surface area contributed by atoms with Crippen molar-refractivity contribution in [1.82, 2.24) is 5.16 Å². The van der Waals surface area contributed by atoms with E-state index < -0.39 is 0 Å². The van der Waals surface area contributed by atoms with Gasteiger partial charge in [-0.15, -0.1) is 0 Å². The van der Waals surface area contributed by atoms with Gasteiger partial charge in [0.05, 0.1) is 5.39 Å². The Hall–Kier alpha value is -1.51. The monoisotopic (exact) mass is 263 g/mol. The molecule has 0 saturated carbocycles. The molecule has 0 amide bonds. The molecule has 0 unspecified atom stereocenters. The number of hydrogen-bond acceptors (Lipinski definition) is 2. The second-order valence-corrected chi connectivity index (χ2v) is 4.55. The molecule has 0 aliphatic heterocycles. The zero-order chi connectivity index (χ0) is 11.8. The number of halogens is 2. The van der Waals surface area contributed by atoms with Gasteiger partial charge in [0.2, 0.25) is 0 Å². The first-order chi connectivity index (χ1) is 8.24. The van der Waals surface area contributed by atoms with E-state index in [0.717, 1.165) is 16.5 Å². The minimum Gasteiger partial charge on any atom is -0.355 e. The highest BCUT2D eigenvalue weighted by Gasteiger charge is 2.10. The smallest absolute Gasteiger partial charge is 0.174 e. The normalized spacial score (nSPS) is 10.9. The number of hydrogen-bond donors (Lipinski definition) is 0. The summed E-state index contributed by atoms with van der Waals surface area (Å²) in [6.45, 7) is 0. The van der Waals surface area contributed by atoms with Gasteiger partial charge >= 0.3 is 0 Å². The van der Waals surface area contributed by atoms with Crippen molar-refractivity contribution in [3.63, 3.8) is 0 Å². The SMILES string of the molecule is Clc1ccc(-c2onc3ccc(Cl)cc23)cc1. The van der Waals surface area contributed by atoms with E-state index in [1.165, 1.54) is 0 Å². The van der Waals surface area contributed by atoms with Gasteiger partial charge in [-0.05, 0) is 42.5 Å². The fourth-order valence-electron chi connectivity index (χ4n) is 1.72. The molecule has 4 heteroatoms. The van der Waals surface area contributed by atoms with Crippen LogP contribution in [0, 0.1) is 0 Å². The van der Waals surface area contributed by atoms with Crippen LogP contribution in [-0.4, -0.2) is 5.16 Å². The molecule has 2 aromatic carbocycles. The zero-order valence-corrected chi connectivity index (χ0v) is 10.2. The van der Waals surface area contributed by atoms with Crippen LogP contribution in [0.3, 0.4) is 0 Å². The van der Waals surface area contributed by atoms with Gasteiger partial charge in [0.25, 0.3) is 0 Å². The largest absolute Gasteiger partial charge is 0.355 e. The van der Waals surface area contributed by atoms with Gasteiger partial charge in [0.15, 0.2) is 5.76 Å². The van der Waals surface area contributed by atoms with Gasteiger partial charge in [0, 0.05) is 15.6 Å². The van der Waals surface area contributed by atoms with Crippen molar-refractivity contribution in [3.8, 4) is 11.3 Å². The quantitative estimate of drug-likeness (QED) is 0.630. The minimum atomic E-state index is 0.663. The van der Waals surface area contributed by atoms with Crippen molar-refractivity contribution in [2.45, 2.75) is 0 Å². The van der Waals surface area contributed by atoms with Gasteiger partial charge in [-0.25, -0.2) is 0 Å². The summed E-state index contributed by atoms with van der Waals surface area (Å²) in [5.41, 5.74) is 1.72. The maximum atomic E-state index is 5.97. The average Bonchev–Trinajstić information content (AvgIpc) is 2.73. The first kappa shape index (κ1) is 10.6. The Labute approximate surface area is 108 Å². The number of nitrogens with zero attached hydrogens (tertiary/aromatic N) is 1. The van der Waals surface area contributed by atoms with Crippen molar-refractivity contribution in [3.05, 3.63) is 52.5 Å². The van der Waals surface area contributed by atoms with Gasteiger partial charge < -0.3 is 4.52 Å². The highest BCUT2D eigenvalue weighted by Crippen LogP contribution is 2.30. The third-order valence-electron chi connectivity index (χ3n) is 2.54. The molecule has 1 heterocycles. The van der Waals surface area contributed by atoms with E-state index in [2.05, 4.69) is 5.16 Å². The molecule has 0 radical (unpaired) electrons. The summed E-state index contributed by atoms with van der Waals surface area (Å²) >= 11 is 11.8. The summed E-state index contributed by atoms with van der Waals surface area (Å²) in [5, 5.41) is 6.25. The first-order valence-electron chi connectivity index (χ1n) is 5.05. The molecular formula is C13H7Cl2NO. The topological polar surface area (TPSA) is 26.0 Å². The number of aromatic nitrogens is 1. The minimum absolute atomic E-state index is 0.663. The highest BCUT2D eigenvalue weighted by molar-refractivity contribution is 6.31. The van der Waals surface area contributed by atoms with Crippen LogP contribution in [0.4, 0.5) is 0 Å². The molecule has 0 fully saturated rings. The van der Waals surface area contributed by atoms with Crippen LogP contribution < -0.4 is 0 Å². The van der Waals surface area contributed by atoms with Gasteiger partial charge in [-0.3, -0.25) is 0 Å². The van der Waals surface area contributed by atoms with Crippen LogP contribution in [0.5, 0.6) is 0 Å². The number of rotatable bonds is 1. The van der Waals surface area contributed by atoms with Crippen molar-refractivity contribution in [1.29, 1.82) is 0 Å². The van der Waals surface area contributed by atoms with Crippen molar-refractivity contribution in [2.24, 2.45) is 0 Å². The van der Waals surface area contributed by atoms with Gasteiger partial charge in [-0.1, -0.05) is 28.4 Å². The molecule has 17 heavy (non-hydrogen) atoms. The molecule has 0 spiro atoms. The third-order valence-corrected chi connectivity index (χ3v) is 3.03. The molecule has 0 bridgehead atoms. The lowest BCUT2D eigenvalue weighted by atomic mass is 10.1. The summed E-state index contributed by atoms with van der Waals surface area (Å²) < 4.78 is 5.34. The van der Waals surface area contributed by atoms with E-state index in [0.29, 0.717) is 15.8 Å². The Morgan fingerprint density at radius 2 is 1.59 bits per heavy atom. The molecule has 0 atom stereocenters. The maximum Gasteiger partial charge on any atom is 0.174 e. The van der Waals surface area contributed by atoms with E-state index in [4.69, 9.17) is 27.7 Å². The Bertz CT molecular complexity index is 673. The predicted octanol–water partition coefficient (Wildman–Crippen LogP) is 4.80. The lowest BCUT2D eigenvalue weighted by molar-refractivity contribution is 0.441. The third kappa shape index (κ3) is 1.90. The second-order valence-electron chi connectivity index (χ2n) is 3.68. The summed E-state index contributed by atoms with van der Waals surface area (Å²) in [4.78, 5) is 0. The van der Waals surface area contributed by atoms with E-state index in [1.54, 1.807) is 6.07 Å². The molecular weight excluding hydrogens is 257 g/mol. The van der Waals surface area contributed by atoms with E-state index in [9.17, 15) is 0 Å². The molecule has 1 aromatic heterocycles. The van der Waals surface area contributed by atoms with Gasteiger partial charge in [0.1, 0.15) is 5.52 Å². The van der Waals surface area contributed by atoms with Crippen LogP contribution in [0.15, 0.2) is 47.0 Å². The highest BCUT2D eigenvalue weighted by atomic mass is 35.5. The summed E-state index contributed by atoms with van der Waals surface area (Å²) in [5.74, 6) is 0.708. The lowest BCUT2D eigenvalue weighted by Crippen LogP contribution is -1.75. The molecule has 3 aromatic rings. The Morgan fingerprint density at radius 1 is 0.882 bits per heavy atom. The van der Waals surface area contributed by atoms with Crippen LogP contribution in [0.1, 0.15) is 0 Å². The summed E-state index contributed by atoms with van der Waals surface area (Å²) in [6.07, 6.45) is 0. The molecule has 0 aliphatic rings. The maximum absolute atomic E-state index is 5.97. The standard InChI is InChI=1S/C13H7Cl2NO/c14-9-3-1-8(2-4-9)13-11-7-10(15)5-6-12(11)16-17-13/h1-7H. The lowest BCUT2D eigenvalue weighted by Gasteiger charge is -1.97. The fourth-order valence-corrected chi connectivity index (χ4v) is 2.02. The van der Waals surface area contributed by atoms with Gasteiger partial charge in [-0.2, -0.15) is 0 Å². The van der Waals surface area contributed by atoms with Crippen LogP contribution in [0.2, 0.25) is 10.0 Å². The summed E-state index contributed by atoms with van der Waals surface area (Å²) in [6, 6.07) is 12.9. The van der Waals surface area contributed by atoms with Crippen molar-refractivity contribution in [2.75, 3.05) is 0 Å². The van der Waals surface area contributed by atoms with E-state index in [1.807, 2.05) is 36.4 Å². The predicted molar refractivity (Wildman–Crippen MR) is 69.5 cm³/mol. The summed E-state index contributed by atoms with van der Waals surface area (Å²) in [7, 11) is 0. The number of fused-ring (bicyclic) bond motifs is 1. The van der Waals surface area contributed by atoms with E-state index in [-0.39, 0.29) is 0 Å². The number of benzene rings is 2. The van der Waals surface area contributed by atoms with Crippen LogP contribution in [-0.2, 0) is 0 Å².